The van der Waals surface area contributed by atoms with Gasteiger partial charge in [0, 0.05) is 31.6 Å². The molecule has 5 nitrogen and oxygen atoms in total. The molecule has 0 aromatic heterocycles. The number of nitrogens with one attached hydrogen (secondary N) is 2. The van der Waals surface area contributed by atoms with E-state index in [1.165, 1.54) is 5.56 Å². The Labute approximate surface area is 137 Å². The van der Waals surface area contributed by atoms with Gasteiger partial charge in [0.15, 0.2) is 5.96 Å². The minimum atomic E-state index is -0.159. The number of esters is 1. The van der Waals surface area contributed by atoms with E-state index in [0.29, 0.717) is 26.0 Å². The van der Waals surface area contributed by atoms with Gasteiger partial charge in [-0.1, -0.05) is 23.7 Å². The van der Waals surface area contributed by atoms with E-state index >= 15 is 0 Å². The summed E-state index contributed by atoms with van der Waals surface area (Å²) < 4.78 is 4.88. The predicted octanol–water partition coefficient (Wildman–Crippen LogP) is 2.39. The van der Waals surface area contributed by atoms with Crippen LogP contribution in [0.2, 0.25) is 5.02 Å². The number of ether oxygens (including phenoxy) is 1. The fourth-order valence-electron chi connectivity index (χ4n) is 1.91. The van der Waals surface area contributed by atoms with E-state index in [1.807, 2.05) is 31.2 Å². The first-order valence-electron chi connectivity index (χ1n) is 7.50. The van der Waals surface area contributed by atoms with E-state index in [-0.39, 0.29) is 5.97 Å². The first-order valence-corrected chi connectivity index (χ1v) is 7.88. The third-order valence-corrected chi connectivity index (χ3v) is 3.21. The van der Waals surface area contributed by atoms with Crippen molar-refractivity contribution in [2.45, 2.75) is 26.2 Å². The van der Waals surface area contributed by atoms with E-state index in [2.05, 4.69) is 15.6 Å². The lowest BCUT2D eigenvalue weighted by Gasteiger charge is -2.11. The standard InChI is InChI=1S/C16H24ClN3O2/c1-3-22-15(21)8-5-10-19-16(18-2)20-11-9-13-6-4-7-14(17)12-13/h4,6-7,12H,3,5,8-11H2,1-2H3,(H2,18,19,20). The second-order valence-electron chi connectivity index (χ2n) is 4.71. The molecule has 0 radical (unpaired) electrons. The highest BCUT2D eigenvalue weighted by molar-refractivity contribution is 6.30. The van der Waals surface area contributed by atoms with Crippen LogP contribution in [0, 0.1) is 0 Å². The maximum atomic E-state index is 11.2. The number of guanidine groups is 1. The Bertz CT molecular complexity index is 492. The van der Waals surface area contributed by atoms with Gasteiger partial charge in [-0.2, -0.15) is 0 Å². The zero-order chi connectivity index (χ0) is 16.2. The number of aliphatic imine (C=N–C) groups is 1. The van der Waals surface area contributed by atoms with Crippen LogP contribution in [0.3, 0.4) is 0 Å². The molecule has 6 heteroatoms. The highest BCUT2D eigenvalue weighted by Crippen LogP contribution is 2.10. The van der Waals surface area contributed by atoms with Gasteiger partial charge in [-0.15, -0.1) is 0 Å². The summed E-state index contributed by atoms with van der Waals surface area (Å²) in [5.74, 6) is 0.569. The van der Waals surface area contributed by atoms with Crippen molar-refractivity contribution in [2.75, 3.05) is 26.7 Å². The Kier molecular flexibility index (Phi) is 9.07. The second-order valence-corrected chi connectivity index (χ2v) is 5.15. The molecule has 0 unspecified atom stereocenters. The molecule has 0 heterocycles. The Morgan fingerprint density at radius 2 is 2.09 bits per heavy atom. The lowest BCUT2D eigenvalue weighted by atomic mass is 10.1. The first-order chi connectivity index (χ1) is 10.7. The van der Waals surface area contributed by atoms with Crippen LogP contribution in [-0.4, -0.2) is 38.7 Å². The average molecular weight is 326 g/mol. The minimum absolute atomic E-state index is 0.159. The molecular formula is C16H24ClN3O2. The van der Waals surface area contributed by atoms with Gasteiger partial charge in [0.1, 0.15) is 0 Å². The number of halogens is 1. The lowest BCUT2D eigenvalue weighted by molar-refractivity contribution is -0.143. The summed E-state index contributed by atoms with van der Waals surface area (Å²) in [6, 6.07) is 7.81. The van der Waals surface area contributed by atoms with Crippen LogP contribution < -0.4 is 10.6 Å². The van der Waals surface area contributed by atoms with Crippen molar-refractivity contribution in [1.29, 1.82) is 0 Å². The summed E-state index contributed by atoms with van der Waals surface area (Å²) in [7, 11) is 1.72. The number of benzene rings is 1. The number of nitrogens with zero attached hydrogens (tertiary/aromatic N) is 1. The van der Waals surface area contributed by atoms with Crippen LogP contribution in [0.1, 0.15) is 25.3 Å². The Balaban J connectivity index is 2.18. The molecule has 22 heavy (non-hydrogen) atoms. The molecule has 0 aliphatic carbocycles. The molecule has 2 N–H and O–H groups in total. The SMILES string of the molecule is CCOC(=O)CCCNC(=NC)NCCc1cccc(Cl)c1. The van der Waals surface area contributed by atoms with Crippen molar-refractivity contribution in [3.05, 3.63) is 34.9 Å². The third-order valence-electron chi connectivity index (χ3n) is 2.97. The fourth-order valence-corrected chi connectivity index (χ4v) is 2.12. The van der Waals surface area contributed by atoms with Gasteiger partial charge in [-0.25, -0.2) is 0 Å². The van der Waals surface area contributed by atoms with Crippen LogP contribution in [0.5, 0.6) is 0 Å². The Morgan fingerprint density at radius 3 is 2.77 bits per heavy atom. The summed E-state index contributed by atoms with van der Waals surface area (Å²) in [4.78, 5) is 15.3. The zero-order valence-electron chi connectivity index (χ0n) is 13.2. The van der Waals surface area contributed by atoms with Gasteiger partial charge in [-0.3, -0.25) is 9.79 Å². The number of rotatable bonds is 8. The first kappa shape index (κ1) is 18.3. The van der Waals surface area contributed by atoms with Crippen LogP contribution in [0.4, 0.5) is 0 Å². The summed E-state index contributed by atoms with van der Waals surface area (Å²) in [5, 5.41) is 7.15. The van der Waals surface area contributed by atoms with Gasteiger partial charge < -0.3 is 15.4 Å². The number of hydrogen-bond acceptors (Lipinski definition) is 3. The van der Waals surface area contributed by atoms with Gasteiger partial charge in [-0.05, 0) is 37.5 Å². The van der Waals surface area contributed by atoms with Crippen LogP contribution in [-0.2, 0) is 16.0 Å². The highest BCUT2D eigenvalue weighted by atomic mass is 35.5. The molecule has 0 saturated carbocycles. The molecule has 0 spiro atoms. The van der Waals surface area contributed by atoms with Gasteiger partial charge in [0.2, 0.25) is 0 Å². The molecule has 1 aromatic carbocycles. The topological polar surface area (TPSA) is 62.7 Å². The van der Waals surface area contributed by atoms with E-state index in [9.17, 15) is 4.79 Å². The monoisotopic (exact) mass is 325 g/mol. The van der Waals surface area contributed by atoms with E-state index in [4.69, 9.17) is 16.3 Å². The van der Waals surface area contributed by atoms with Gasteiger partial charge in [0.05, 0.1) is 6.61 Å². The van der Waals surface area contributed by atoms with Gasteiger partial charge in [0.25, 0.3) is 0 Å². The molecule has 0 bridgehead atoms. The summed E-state index contributed by atoms with van der Waals surface area (Å²) in [6.45, 7) is 3.67. The normalized spacial score (nSPS) is 11.1. The van der Waals surface area contributed by atoms with E-state index in [0.717, 1.165) is 23.9 Å². The molecule has 0 saturated heterocycles. The quantitative estimate of drug-likeness (QED) is 0.333. The molecule has 122 valence electrons. The van der Waals surface area contributed by atoms with Crippen molar-refractivity contribution in [3.63, 3.8) is 0 Å². The summed E-state index contributed by atoms with van der Waals surface area (Å²) in [6.07, 6.45) is 2.00. The summed E-state index contributed by atoms with van der Waals surface area (Å²) >= 11 is 5.95. The van der Waals surface area contributed by atoms with E-state index in [1.54, 1.807) is 7.05 Å². The summed E-state index contributed by atoms with van der Waals surface area (Å²) in [5.41, 5.74) is 1.18. The third kappa shape index (κ3) is 7.88. The number of carbonyl (C=O) groups excluding carboxylic acids is 1. The van der Waals surface area contributed by atoms with E-state index < -0.39 is 0 Å². The molecular weight excluding hydrogens is 302 g/mol. The number of carbonyl (C=O) groups is 1. The van der Waals surface area contributed by atoms with Crippen molar-refractivity contribution in [2.24, 2.45) is 4.99 Å². The average Bonchev–Trinajstić information content (AvgIpc) is 2.50. The number of hydrogen-bond donors (Lipinski definition) is 2. The largest absolute Gasteiger partial charge is 0.466 e. The zero-order valence-corrected chi connectivity index (χ0v) is 13.9. The molecule has 0 fully saturated rings. The lowest BCUT2D eigenvalue weighted by Crippen LogP contribution is -2.38. The van der Waals surface area contributed by atoms with Crippen LogP contribution in [0.15, 0.2) is 29.3 Å². The smallest absolute Gasteiger partial charge is 0.305 e. The molecule has 1 aromatic rings. The fraction of sp³-hybridized carbons (Fsp3) is 0.500. The predicted molar refractivity (Wildman–Crippen MR) is 90.4 cm³/mol. The Morgan fingerprint density at radius 1 is 1.32 bits per heavy atom. The van der Waals surface area contributed by atoms with Crippen LogP contribution >= 0.6 is 11.6 Å². The minimum Gasteiger partial charge on any atom is -0.466 e. The Hall–Kier alpha value is -1.75. The maximum Gasteiger partial charge on any atom is 0.305 e. The molecule has 0 atom stereocenters. The van der Waals surface area contributed by atoms with Crippen molar-refractivity contribution < 1.29 is 9.53 Å². The maximum absolute atomic E-state index is 11.2. The van der Waals surface area contributed by atoms with Crippen LogP contribution in [0.25, 0.3) is 0 Å². The molecule has 0 aliphatic heterocycles. The second kappa shape index (κ2) is 10.9. The molecule has 1 rings (SSSR count). The van der Waals surface area contributed by atoms with Gasteiger partial charge >= 0.3 is 5.97 Å². The highest BCUT2D eigenvalue weighted by Gasteiger charge is 2.02. The van der Waals surface area contributed by atoms with Crippen molar-refractivity contribution in [1.82, 2.24) is 10.6 Å². The van der Waals surface area contributed by atoms with Crippen molar-refractivity contribution in [3.8, 4) is 0 Å². The molecule has 0 amide bonds. The van der Waals surface area contributed by atoms with Crippen molar-refractivity contribution >= 4 is 23.5 Å². The molecule has 0 aliphatic rings.